The maximum atomic E-state index is 5.66. The van der Waals surface area contributed by atoms with Crippen molar-refractivity contribution in [1.29, 1.82) is 0 Å². The monoisotopic (exact) mass is 233 g/mol. The minimum absolute atomic E-state index is 0.508. The molecule has 0 fully saturated rings. The fourth-order valence-corrected chi connectivity index (χ4v) is 1.60. The van der Waals surface area contributed by atoms with Crippen LogP contribution in [0.1, 0.15) is 0 Å². The summed E-state index contributed by atoms with van der Waals surface area (Å²) in [6.07, 6.45) is 1.89. The van der Waals surface area contributed by atoms with Crippen molar-refractivity contribution in [3.63, 3.8) is 0 Å². The molecule has 1 aromatic carbocycles. The van der Waals surface area contributed by atoms with Crippen molar-refractivity contribution in [3.8, 4) is 0 Å². The lowest BCUT2D eigenvalue weighted by atomic mass is 10.2. The third-order valence-corrected chi connectivity index (χ3v) is 2.48. The molecule has 0 saturated heterocycles. The molecule has 1 aromatic rings. The highest BCUT2D eigenvalue weighted by atomic mass is 16.5. The Morgan fingerprint density at radius 3 is 2.47 bits per heavy atom. The maximum absolute atomic E-state index is 5.66. The van der Waals surface area contributed by atoms with E-state index < -0.39 is 0 Å². The third kappa shape index (κ3) is 2.33. The second-order valence-corrected chi connectivity index (χ2v) is 3.55. The van der Waals surface area contributed by atoms with Crippen LogP contribution in [-0.4, -0.2) is 26.8 Å². The zero-order valence-electron chi connectivity index (χ0n) is 9.88. The Balaban J connectivity index is 2.26. The summed E-state index contributed by atoms with van der Waals surface area (Å²) >= 11 is 0. The van der Waals surface area contributed by atoms with E-state index in [9.17, 15) is 0 Å². The van der Waals surface area contributed by atoms with Crippen molar-refractivity contribution in [1.82, 2.24) is 0 Å². The number of aliphatic imine (C=N–C) groups is 1. The number of nitrogens with zero attached hydrogens (tertiary/aromatic N) is 2. The van der Waals surface area contributed by atoms with Crippen LogP contribution in [0.2, 0.25) is 0 Å². The van der Waals surface area contributed by atoms with E-state index >= 15 is 0 Å². The number of benzene rings is 1. The van der Waals surface area contributed by atoms with E-state index in [4.69, 9.17) is 15.2 Å². The molecular formula is C12H15N3O2. The summed E-state index contributed by atoms with van der Waals surface area (Å²) in [5, 5.41) is 0. The number of methoxy groups -OCH3 is 2. The summed E-state index contributed by atoms with van der Waals surface area (Å²) in [5.41, 5.74) is 7.36. The number of hydrogen-bond donors (Lipinski definition) is 1. The van der Waals surface area contributed by atoms with Gasteiger partial charge in [-0.05, 0) is 30.3 Å². The van der Waals surface area contributed by atoms with Crippen molar-refractivity contribution in [2.45, 2.75) is 0 Å². The number of ether oxygens (including phenoxy) is 2. The van der Waals surface area contributed by atoms with E-state index in [1.165, 1.54) is 0 Å². The number of rotatable bonds is 2. The summed E-state index contributed by atoms with van der Waals surface area (Å²) in [6.45, 7) is 0.653. The molecule has 0 aliphatic carbocycles. The summed E-state index contributed by atoms with van der Waals surface area (Å²) < 4.78 is 10.3. The summed E-state index contributed by atoms with van der Waals surface area (Å²) in [4.78, 5) is 6.16. The normalized spacial score (nSPS) is 15.1. The molecule has 2 rings (SSSR count). The molecule has 2 N–H and O–H groups in total. The molecule has 0 amide bonds. The van der Waals surface area contributed by atoms with Gasteiger partial charge in [-0.25, -0.2) is 0 Å². The topological polar surface area (TPSA) is 60.1 Å². The summed E-state index contributed by atoms with van der Waals surface area (Å²) in [5.74, 6) is 0.563. The molecule has 0 unspecified atom stereocenters. The SMILES string of the molecule is COC1=CCN(c2ccc(N)cc2)C(OC)=N1. The minimum atomic E-state index is 0.508. The van der Waals surface area contributed by atoms with Gasteiger partial charge in [0.1, 0.15) is 0 Å². The molecule has 1 heterocycles. The smallest absolute Gasteiger partial charge is 0.299 e. The van der Waals surface area contributed by atoms with E-state index in [1.807, 2.05) is 35.2 Å². The highest BCUT2D eigenvalue weighted by Gasteiger charge is 2.18. The van der Waals surface area contributed by atoms with Crippen molar-refractivity contribution >= 4 is 17.4 Å². The van der Waals surface area contributed by atoms with E-state index in [0.717, 1.165) is 11.4 Å². The lowest BCUT2D eigenvalue weighted by molar-refractivity contribution is 0.279. The first-order valence-corrected chi connectivity index (χ1v) is 5.24. The fourth-order valence-electron chi connectivity index (χ4n) is 1.60. The van der Waals surface area contributed by atoms with Gasteiger partial charge in [-0.15, -0.1) is 0 Å². The fraction of sp³-hybridized carbons (Fsp3) is 0.250. The van der Waals surface area contributed by atoms with Crippen molar-refractivity contribution in [2.24, 2.45) is 4.99 Å². The van der Waals surface area contributed by atoms with E-state index in [-0.39, 0.29) is 0 Å². The van der Waals surface area contributed by atoms with Gasteiger partial charge in [0.05, 0.1) is 20.8 Å². The maximum Gasteiger partial charge on any atom is 0.299 e. The highest BCUT2D eigenvalue weighted by Crippen LogP contribution is 2.20. The number of anilines is 2. The van der Waals surface area contributed by atoms with Crippen LogP contribution in [0.15, 0.2) is 41.2 Å². The lowest BCUT2D eigenvalue weighted by Crippen LogP contribution is -2.35. The molecule has 0 aromatic heterocycles. The number of hydrogen-bond acceptors (Lipinski definition) is 5. The number of amidine groups is 1. The van der Waals surface area contributed by atoms with Gasteiger partial charge in [0.2, 0.25) is 5.88 Å². The minimum Gasteiger partial charge on any atom is -0.481 e. The van der Waals surface area contributed by atoms with Gasteiger partial charge in [0.25, 0.3) is 6.02 Å². The van der Waals surface area contributed by atoms with Gasteiger partial charge in [-0.1, -0.05) is 0 Å². The summed E-state index contributed by atoms with van der Waals surface area (Å²) in [7, 11) is 3.17. The molecule has 0 atom stereocenters. The van der Waals surface area contributed by atoms with Crippen LogP contribution in [-0.2, 0) is 9.47 Å². The molecule has 5 heteroatoms. The van der Waals surface area contributed by atoms with Crippen LogP contribution < -0.4 is 10.6 Å². The molecule has 0 spiro atoms. The van der Waals surface area contributed by atoms with E-state index in [0.29, 0.717) is 18.4 Å². The molecule has 90 valence electrons. The Morgan fingerprint density at radius 2 is 1.88 bits per heavy atom. The van der Waals surface area contributed by atoms with Crippen LogP contribution in [0, 0.1) is 0 Å². The summed E-state index contributed by atoms with van der Waals surface area (Å²) in [6, 6.07) is 8.05. The van der Waals surface area contributed by atoms with Crippen LogP contribution in [0.5, 0.6) is 0 Å². The first-order chi connectivity index (χ1) is 8.24. The first-order valence-electron chi connectivity index (χ1n) is 5.24. The molecule has 1 aliphatic heterocycles. The van der Waals surface area contributed by atoms with Crippen molar-refractivity contribution in [2.75, 3.05) is 31.4 Å². The quantitative estimate of drug-likeness (QED) is 0.788. The second-order valence-electron chi connectivity index (χ2n) is 3.55. The highest BCUT2D eigenvalue weighted by molar-refractivity contribution is 5.93. The standard InChI is InChI=1S/C12H15N3O2/c1-16-11-7-8-15(12(14-11)17-2)10-5-3-9(13)4-6-10/h3-7H,8,13H2,1-2H3. The van der Waals surface area contributed by atoms with Gasteiger partial charge in [-0.2, -0.15) is 4.99 Å². The molecule has 0 radical (unpaired) electrons. The average Bonchev–Trinajstić information content (AvgIpc) is 2.39. The Bertz CT molecular complexity index is 451. The molecule has 0 bridgehead atoms. The molecule has 5 nitrogen and oxygen atoms in total. The predicted molar refractivity (Wildman–Crippen MR) is 67.7 cm³/mol. The van der Waals surface area contributed by atoms with Gasteiger partial charge in [-0.3, -0.25) is 4.90 Å². The first kappa shape index (κ1) is 11.3. The van der Waals surface area contributed by atoms with Crippen LogP contribution in [0.25, 0.3) is 0 Å². The third-order valence-electron chi connectivity index (χ3n) is 2.48. The Labute approximate surface area is 100 Å². The largest absolute Gasteiger partial charge is 0.481 e. The van der Waals surface area contributed by atoms with Crippen LogP contribution in [0.3, 0.4) is 0 Å². The Kier molecular flexibility index (Phi) is 3.18. The second kappa shape index (κ2) is 4.78. The van der Waals surface area contributed by atoms with Crippen molar-refractivity contribution in [3.05, 3.63) is 36.2 Å². The van der Waals surface area contributed by atoms with Gasteiger partial charge < -0.3 is 15.2 Å². The average molecular weight is 233 g/mol. The molecular weight excluding hydrogens is 218 g/mol. The Hall–Kier alpha value is -2.17. The predicted octanol–water partition coefficient (Wildman–Crippen LogP) is 1.58. The van der Waals surface area contributed by atoms with Crippen LogP contribution >= 0.6 is 0 Å². The molecule has 1 aliphatic rings. The van der Waals surface area contributed by atoms with Gasteiger partial charge in [0, 0.05) is 11.4 Å². The lowest BCUT2D eigenvalue weighted by Gasteiger charge is -2.26. The molecule has 17 heavy (non-hydrogen) atoms. The zero-order valence-corrected chi connectivity index (χ0v) is 9.88. The van der Waals surface area contributed by atoms with Crippen LogP contribution in [0.4, 0.5) is 11.4 Å². The number of nitrogens with two attached hydrogens (primary N) is 1. The Morgan fingerprint density at radius 1 is 1.18 bits per heavy atom. The molecule has 0 saturated carbocycles. The van der Waals surface area contributed by atoms with Gasteiger partial charge >= 0.3 is 0 Å². The number of nitrogen functional groups attached to an aromatic ring is 1. The van der Waals surface area contributed by atoms with Gasteiger partial charge in [0.15, 0.2) is 0 Å². The zero-order chi connectivity index (χ0) is 12.3. The van der Waals surface area contributed by atoms with E-state index in [2.05, 4.69) is 4.99 Å². The van der Waals surface area contributed by atoms with Crippen molar-refractivity contribution < 1.29 is 9.47 Å². The van der Waals surface area contributed by atoms with E-state index in [1.54, 1.807) is 14.2 Å².